The molecule has 0 heterocycles. The highest BCUT2D eigenvalue weighted by molar-refractivity contribution is 5.95. The Hall–Kier alpha value is -3.22. The fourth-order valence-corrected chi connectivity index (χ4v) is 2.45. The number of nitrogens with one attached hydrogen (secondary N) is 1. The Morgan fingerprint density at radius 1 is 0.923 bits per heavy atom. The van der Waals surface area contributed by atoms with Crippen LogP contribution in [0.15, 0.2) is 36.4 Å². The Morgan fingerprint density at radius 2 is 1.50 bits per heavy atom. The van der Waals surface area contributed by atoms with E-state index >= 15 is 0 Å². The Labute approximate surface area is 151 Å². The molecule has 2 aromatic rings. The summed E-state index contributed by atoms with van der Waals surface area (Å²) in [5.74, 6) is -0.00810. The lowest BCUT2D eigenvalue weighted by atomic mass is 10.1. The van der Waals surface area contributed by atoms with Crippen LogP contribution in [0.3, 0.4) is 0 Å². The number of carbonyl (C=O) groups is 2. The zero-order valence-electron chi connectivity index (χ0n) is 14.9. The molecule has 1 amide bonds. The maximum atomic E-state index is 12.4. The molecule has 0 bridgehead atoms. The number of ether oxygens (including phenoxy) is 3. The maximum absolute atomic E-state index is 12.4. The lowest BCUT2D eigenvalue weighted by Crippen LogP contribution is -2.25. The Morgan fingerprint density at radius 3 is 1.96 bits per heavy atom. The molecule has 0 saturated carbocycles. The lowest BCUT2D eigenvalue weighted by Gasteiger charge is -2.14. The van der Waals surface area contributed by atoms with Gasteiger partial charge in [0.1, 0.15) is 0 Å². The summed E-state index contributed by atoms with van der Waals surface area (Å²) in [5.41, 5.74) is 1.55. The molecule has 0 unspecified atom stereocenters. The number of rotatable bonds is 8. The molecule has 0 radical (unpaired) electrons. The molecule has 7 heteroatoms. The Balaban J connectivity index is 2.02. The molecule has 0 saturated heterocycles. The van der Waals surface area contributed by atoms with Gasteiger partial charge in [0.05, 0.1) is 26.9 Å². The van der Waals surface area contributed by atoms with E-state index in [0.717, 1.165) is 5.56 Å². The van der Waals surface area contributed by atoms with Crippen molar-refractivity contribution in [3.05, 3.63) is 53.1 Å². The molecule has 7 nitrogen and oxygen atoms in total. The summed E-state index contributed by atoms with van der Waals surface area (Å²) in [7, 11) is 4.47. The summed E-state index contributed by atoms with van der Waals surface area (Å²) in [6.45, 7) is 0.405. The Kier molecular flexibility index (Phi) is 6.43. The largest absolute Gasteiger partial charge is 0.493 e. The van der Waals surface area contributed by atoms with Crippen molar-refractivity contribution in [3.8, 4) is 17.2 Å². The maximum Gasteiger partial charge on any atom is 0.335 e. The fourth-order valence-electron chi connectivity index (χ4n) is 2.45. The van der Waals surface area contributed by atoms with E-state index in [2.05, 4.69) is 5.32 Å². The number of carboxylic acids is 1. The monoisotopic (exact) mass is 359 g/mol. The predicted molar refractivity (Wildman–Crippen MR) is 95.5 cm³/mol. The number of methoxy groups -OCH3 is 3. The Bertz CT molecular complexity index is 760. The van der Waals surface area contributed by atoms with E-state index in [1.54, 1.807) is 36.4 Å². The van der Waals surface area contributed by atoms with Crippen LogP contribution in [-0.2, 0) is 6.42 Å². The van der Waals surface area contributed by atoms with Gasteiger partial charge in [-0.3, -0.25) is 4.79 Å². The lowest BCUT2D eigenvalue weighted by molar-refractivity contribution is 0.0696. The normalized spacial score (nSPS) is 10.1. The average Bonchev–Trinajstić information content (AvgIpc) is 2.66. The first-order valence-electron chi connectivity index (χ1n) is 7.90. The van der Waals surface area contributed by atoms with Crippen LogP contribution >= 0.6 is 0 Å². The molecular weight excluding hydrogens is 338 g/mol. The van der Waals surface area contributed by atoms with Crippen molar-refractivity contribution in [3.63, 3.8) is 0 Å². The molecule has 138 valence electrons. The minimum Gasteiger partial charge on any atom is -0.493 e. The van der Waals surface area contributed by atoms with Crippen molar-refractivity contribution in [2.24, 2.45) is 0 Å². The highest BCUT2D eigenvalue weighted by atomic mass is 16.5. The van der Waals surface area contributed by atoms with Gasteiger partial charge in [-0.05, 0) is 36.2 Å². The van der Waals surface area contributed by atoms with Gasteiger partial charge in [0, 0.05) is 12.1 Å². The molecule has 2 N–H and O–H groups in total. The smallest absolute Gasteiger partial charge is 0.335 e. The van der Waals surface area contributed by atoms with Crippen LogP contribution < -0.4 is 19.5 Å². The van der Waals surface area contributed by atoms with Crippen LogP contribution in [0.1, 0.15) is 26.3 Å². The summed E-state index contributed by atoms with van der Waals surface area (Å²) in [4.78, 5) is 23.2. The van der Waals surface area contributed by atoms with Gasteiger partial charge in [-0.25, -0.2) is 4.79 Å². The molecule has 0 aliphatic carbocycles. The van der Waals surface area contributed by atoms with Gasteiger partial charge in [-0.2, -0.15) is 0 Å². The number of aromatic carboxylic acids is 1. The second-order valence-electron chi connectivity index (χ2n) is 5.42. The van der Waals surface area contributed by atoms with Gasteiger partial charge in [0.25, 0.3) is 5.91 Å². The zero-order valence-corrected chi connectivity index (χ0v) is 14.9. The van der Waals surface area contributed by atoms with E-state index < -0.39 is 5.97 Å². The van der Waals surface area contributed by atoms with Crippen molar-refractivity contribution in [1.29, 1.82) is 0 Å². The first-order chi connectivity index (χ1) is 12.5. The molecule has 26 heavy (non-hydrogen) atoms. The predicted octanol–water partition coefficient (Wildman–Crippen LogP) is 2.38. The van der Waals surface area contributed by atoms with Crippen molar-refractivity contribution in [2.45, 2.75) is 6.42 Å². The highest BCUT2D eigenvalue weighted by Crippen LogP contribution is 2.38. The second kappa shape index (κ2) is 8.75. The van der Waals surface area contributed by atoms with Gasteiger partial charge in [0.2, 0.25) is 5.75 Å². The minimum atomic E-state index is -0.966. The van der Waals surface area contributed by atoms with Crippen molar-refractivity contribution < 1.29 is 28.9 Å². The van der Waals surface area contributed by atoms with Gasteiger partial charge in [-0.1, -0.05) is 12.1 Å². The number of hydrogen-bond donors (Lipinski definition) is 2. The fraction of sp³-hybridized carbons (Fsp3) is 0.263. The quantitative estimate of drug-likeness (QED) is 0.752. The van der Waals surface area contributed by atoms with E-state index in [1.165, 1.54) is 21.3 Å². The number of carbonyl (C=O) groups excluding carboxylic acids is 1. The van der Waals surface area contributed by atoms with Crippen LogP contribution in [0.25, 0.3) is 0 Å². The highest BCUT2D eigenvalue weighted by Gasteiger charge is 2.16. The summed E-state index contributed by atoms with van der Waals surface area (Å²) in [5, 5.41) is 11.7. The molecule has 2 rings (SSSR count). The first kappa shape index (κ1) is 19.1. The van der Waals surface area contributed by atoms with E-state index in [0.29, 0.717) is 35.8 Å². The summed E-state index contributed by atoms with van der Waals surface area (Å²) < 4.78 is 15.7. The van der Waals surface area contributed by atoms with Crippen LogP contribution in [-0.4, -0.2) is 44.9 Å². The summed E-state index contributed by atoms with van der Waals surface area (Å²) in [6, 6.07) is 9.71. The SMILES string of the molecule is COc1cc(C(=O)NCCc2ccc(C(=O)O)cc2)cc(OC)c1OC. The molecule has 0 aliphatic rings. The number of hydrogen-bond acceptors (Lipinski definition) is 5. The van der Waals surface area contributed by atoms with Crippen molar-refractivity contribution >= 4 is 11.9 Å². The minimum absolute atomic E-state index is 0.232. The standard InChI is InChI=1S/C19H21NO6/c1-24-15-10-14(11-16(25-2)17(15)26-3)18(21)20-9-8-12-4-6-13(7-5-12)19(22)23/h4-7,10-11H,8-9H2,1-3H3,(H,20,21)(H,22,23). The number of amides is 1. The van der Waals surface area contributed by atoms with E-state index in [1.807, 2.05) is 0 Å². The van der Waals surface area contributed by atoms with Crippen LogP contribution in [0.2, 0.25) is 0 Å². The molecular formula is C19H21NO6. The van der Waals surface area contributed by atoms with E-state index in [-0.39, 0.29) is 11.5 Å². The van der Waals surface area contributed by atoms with Gasteiger partial charge >= 0.3 is 5.97 Å². The topological polar surface area (TPSA) is 94.1 Å². The van der Waals surface area contributed by atoms with Gasteiger partial charge < -0.3 is 24.6 Å². The molecule has 0 fully saturated rings. The van der Waals surface area contributed by atoms with Crippen LogP contribution in [0, 0.1) is 0 Å². The summed E-state index contributed by atoms with van der Waals surface area (Å²) >= 11 is 0. The van der Waals surface area contributed by atoms with Gasteiger partial charge in [-0.15, -0.1) is 0 Å². The molecule has 0 aromatic heterocycles. The van der Waals surface area contributed by atoms with Gasteiger partial charge in [0.15, 0.2) is 11.5 Å². The first-order valence-corrected chi connectivity index (χ1v) is 7.90. The third-order valence-electron chi connectivity index (χ3n) is 3.83. The van der Waals surface area contributed by atoms with E-state index in [4.69, 9.17) is 19.3 Å². The van der Waals surface area contributed by atoms with Crippen molar-refractivity contribution in [1.82, 2.24) is 5.32 Å². The number of benzene rings is 2. The third kappa shape index (κ3) is 4.44. The van der Waals surface area contributed by atoms with Crippen molar-refractivity contribution in [2.75, 3.05) is 27.9 Å². The second-order valence-corrected chi connectivity index (χ2v) is 5.42. The van der Waals surface area contributed by atoms with E-state index in [9.17, 15) is 9.59 Å². The number of carboxylic acid groups (broad SMARTS) is 1. The zero-order chi connectivity index (χ0) is 19.1. The molecule has 0 spiro atoms. The molecule has 2 aromatic carbocycles. The average molecular weight is 359 g/mol. The molecule has 0 atom stereocenters. The van der Waals surface area contributed by atoms with Crippen LogP contribution in [0.5, 0.6) is 17.2 Å². The molecule has 0 aliphatic heterocycles. The third-order valence-corrected chi connectivity index (χ3v) is 3.83. The summed E-state index contributed by atoms with van der Waals surface area (Å²) in [6.07, 6.45) is 0.579. The van der Waals surface area contributed by atoms with Crippen LogP contribution in [0.4, 0.5) is 0 Å².